The van der Waals surface area contributed by atoms with Crippen LogP contribution in [0.4, 0.5) is 0 Å². The van der Waals surface area contributed by atoms with E-state index >= 15 is 0 Å². The van der Waals surface area contributed by atoms with E-state index < -0.39 is 0 Å². The van der Waals surface area contributed by atoms with Crippen molar-refractivity contribution >= 4 is 17.5 Å². The van der Waals surface area contributed by atoms with Crippen molar-refractivity contribution in [2.24, 2.45) is 0 Å². The number of ether oxygens (including phenoxy) is 1. The Labute approximate surface area is 114 Å². The lowest BCUT2D eigenvalue weighted by Crippen LogP contribution is -2.34. The minimum absolute atomic E-state index is 0.00396. The van der Waals surface area contributed by atoms with Gasteiger partial charge in [-0.1, -0.05) is 11.6 Å². The van der Waals surface area contributed by atoms with Crippen molar-refractivity contribution in [1.82, 2.24) is 4.90 Å². The van der Waals surface area contributed by atoms with E-state index in [2.05, 4.69) is 0 Å². The highest BCUT2D eigenvalue weighted by Crippen LogP contribution is 2.16. The van der Waals surface area contributed by atoms with Crippen LogP contribution in [-0.2, 0) is 4.74 Å². The number of carbonyl (C=O) groups excluding carboxylic acids is 1. The van der Waals surface area contributed by atoms with Gasteiger partial charge in [-0.2, -0.15) is 0 Å². The van der Waals surface area contributed by atoms with Crippen molar-refractivity contribution in [2.75, 3.05) is 20.2 Å². The zero-order chi connectivity index (χ0) is 13.7. The van der Waals surface area contributed by atoms with Gasteiger partial charge in [0.25, 0.3) is 5.91 Å². The fraction of sp³-hybridized carbons (Fsp3) is 0.500. The van der Waals surface area contributed by atoms with Crippen LogP contribution in [0.25, 0.3) is 0 Å². The molecule has 18 heavy (non-hydrogen) atoms. The molecule has 3 nitrogen and oxygen atoms in total. The number of rotatable bonds is 5. The van der Waals surface area contributed by atoms with Gasteiger partial charge >= 0.3 is 0 Å². The van der Waals surface area contributed by atoms with E-state index in [1.807, 2.05) is 20.8 Å². The SMILES string of the molecule is CCO[C@H](C)CN(C)C(=O)c1ccc(Cl)cc1C. The fourth-order valence-corrected chi connectivity index (χ4v) is 2.11. The molecule has 1 rings (SSSR count). The highest BCUT2D eigenvalue weighted by molar-refractivity contribution is 6.30. The number of nitrogens with zero attached hydrogens (tertiary/aromatic N) is 1. The van der Waals surface area contributed by atoms with E-state index in [0.717, 1.165) is 5.56 Å². The largest absolute Gasteiger partial charge is 0.377 e. The number of halogens is 1. The first-order valence-corrected chi connectivity index (χ1v) is 6.46. The average Bonchev–Trinajstić information content (AvgIpc) is 2.28. The summed E-state index contributed by atoms with van der Waals surface area (Å²) >= 11 is 5.88. The number of hydrogen-bond acceptors (Lipinski definition) is 2. The van der Waals surface area contributed by atoms with Crippen molar-refractivity contribution in [2.45, 2.75) is 26.9 Å². The Bertz CT molecular complexity index is 420. The minimum Gasteiger partial charge on any atom is -0.377 e. The first-order chi connectivity index (χ1) is 8.45. The van der Waals surface area contributed by atoms with Crippen LogP contribution >= 0.6 is 11.6 Å². The Morgan fingerprint density at radius 3 is 2.72 bits per heavy atom. The predicted octanol–water partition coefficient (Wildman–Crippen LogP) is 3.15. The molecule has 0 aliphatic rings. The second kappa shape index (κ2) is 6.76. The molecule has 0 N–H and O–H groups in total. The molecule has 0 aromatic heterocycles. The first kappa shape index (κ1) is 15.0. The lowest BCUT2D eigenvalue weighted by Gasteiger charge is -2.22. The van der Waals surface area contributed by atoms with Gasteiger partial charge in [0.2, 0.25) is 0 Å². The van der Waals surface area contributed by atoms with Crippen molar-refractivity contribution < 1.29 is 9.53 Å². The lowest BCUT2D eigenvalue weighted by atomic mass is 10.1. The van der Waals surface area contributed by atoms with Crippen LogP contribution in [-0.4, -0.2) is 37.1 Å². The predicted molar refractivity (Wildman–Crippen MR) is 74.2 cm³/mol. The van der Waals surface area contributed by atoms with Gasteiger partial charge in [0.15, 0.2) is 0 Å². The number of carbonyl (C=O) groups is 1. The van der Waals surface area contributed by atoms with Crippen LogP contribution in [0.3, 0.4) is 0 Å². The fourth-order valence-electron chi connectivity index (χ4n) is 1.88. The molecule has 4 heteroatoms. The third-order valence-electron chi connectivity index (χ3n) is 2.75. The van der Waals surface area contributed by atoms with Gasteiger partial charge in [-0.15, -0.1) is 0 Å². The molecule has 0 saturated heterocycles. The van der Waals surface area contributed by atoms with Crippen LogP contribution < -0.4 is 0 Å². The number of aryl methyl sites for hydroxylation is 1. The van der Waals surface area contributed by atoms with Gasteiger partial charge < -0.3 is 9.64 Å². The van der Waals surface area contributed by atoms with Crippen LogP contribution in [0.2, 0.25) is 5.02 Å². The molecular formula is C14H20ClNO2. The van der Waals surface area contributed by atoms with Gasteiger partial charge in [0.1, 0.15) is 0 Å². The Morgan fingerprint density at radius 1 is 1.50 bits per heavy atom. The maximum absolute atomic E-state index is 12.2. The molecule has 1 amide bonds. The summed E-state index contributed by atoms with van der Waals surface area (Å²) in [5, 5.41) is 0.648. The summed E-state index contributed by atoms with van der Waals surface area (Å²) in [4.78, 5) is 13.9. The molecule has 0 spiro atoms. The van der Waals surface area contributed by atoms with Crippen molar-refractivity contribution in [3.8, 4) is 0 Å². The topological polar surface area (TPSA) is 29.5 Å². The molecule has 0 heterocycles. The van der Waals surface area contributed by atoms with Crippen molar-refractivity contribution in [1.29, 1.82) is 0 Å². The number of hydrogen-bond donors (Lipinski definition) is 0. The van der Waals surface area contributed by atoms with E-state index in [1.165, 1.54) is 0 Å². The molecule has 100 valence electrons. The standard InChI is InChI=1S/C14H20ClNO2/c1-5-18-11(3)9-16(4)14(17)13-7-6-12(15)8-10(13)2/h6-8,11H,5,9H2,1-4H3/t11-/m1/s1. The Morgan fingerprint density at radius 2 is 2.17 bits per heavy atom. The number of benzene rings is 1. The molecule has 0 saturated carbocycles. The van der Waals surface area contributed by atoms with E-state index in [9.17, 15) is 4.79 Å². The van der Waals surface area contributed by atoms with Gasteiger partial charge in [-0.3, -0.25) is 4.79 Å². The number of amides is 1. The van der Waals surface area contributed by atoms with Gasteiger partial charge in [-0.25, -0.2) is 0 Å². The highest BCUT2D eigenvalue weighted by atomic mass is 35.5. The quantitative estimate of drug-likeness (QED) is 0.822. The second-order valence-corrected chi connectivity index (χ2v) is 4.85. The monoisotopic (exact) mass is 269 g/mol. The van der Waals surface area contributed by atoms with Gasteiger partial charge in [0, 0.05) is 30.8 Å². The Hall–Kier alpha value is -1.06. The van der Waals surface area contributed by atoms with E-state index in [1.54, 1.807) is 30.1 Å². The molecule has 0 fully saturated rings. The second-order valence-electron chi connectivity index (χ2n) is 4.41. The summed E-state index contributed by atoms with van der Waals surface area (Å²) in [6.07, 6.45) is 0.0385. The molecule has 0 aliphatic heterocycles. The maximum Gasteiger partial charge on any atom is 0.253 e. The summed E-state index contributed by atoms with van der Waals surface area (Å²) in [7, 11) is 1.78. The molecule has 0 aliphatic carbocycles. The van der Waals surface area contributed by atoms with Crippen molar-refractivity contribution in [3.63, 3.8) is 0 Å². The zero-order valence-electron chi connectivity index (χ0n) is 11.4. The highest BCUT2D eigenvalue weighted by Gasteiger charge is 2.16. The smallest absolute Gasteiger partial charge is 0.253 e. The Balaban J connectivity index is 2.74. The maximum atomic E-state index is 12.2. The molecule has 1 aromatic rings. The Kier molecular flexibility index (Phi) is 5.63. The molecule has 0 radical (unpaired) electrons. The summed E-state index contributed by atoms with van der Waals surface area (Å²) in [5.74, 6) is -0.00396. The number of likely N-dealkylation sites (N-methyl/N-ethyl adjacent to an activating group) is 1. The average molecular weight is 270 g/mol. The summed E-state index contributed by atoms with van der Waals surface area (Å²) < 4.78 is 5.43. The van der Waals surface area contributed by atoms with E-state index in [-0.39, 0.29) is 12.0 Å². The lowest BCUT2D eigenvalue weighted by molar-refractivity contribution is 0.0436. The third-order valence-corrected chi connectivity index (χ3v) is 2.98. The summed E-state index contributed by atoms with van der Waals surface area (Å²) in [5.41, 5.74) is 1.58. The third kappa shape index (κ3) is 4.00. The van der Waals surface area contributed by atoms with E-state index in [0.29, 0.717) is 23.7 Å². The van der Waals surface area contributed by atoms with E-state index in [4.69, 9.17) is 16.3 Å². The van der Waals surface area contributed by atoms with Crippen molar-refractivity contribution in [3.05, 3.63) is 34.3 Å². The summed E-state index contributed by atoms with van der Waals surface area (Å²) in [6.45, 7) is 7.03. The van der Waals surface area contributed by atoms with Gasteiger partial charge in [0.05, 0.1) is 6.10 Å². The minimum atomic E-state index is -0.00396. The zero-order valence-corrected chi connectivity index (χ0v) is 12.1. The molecular weight excluding hydrogens is 250 g/mol. The van der Waals surface area contributed by atoms with Crippen LogP contribution in [0.5, 0.6) is 0 Å². The first-order valence-electron chi connectivity index (χ1n) is 6.09. The molecule has 0 bridgehead atoms. The van der Waals surface area contributed by atoms with Crippen LogP contribution in [0, 0.1) is 6.92 Å². The van der Waals surface area contributed by atoms with Crippen LogP contribution in [0.15, 0.2) is 18.2 Å². The normalized spacial score (nSPS) is 12.3. The van der Waals surface area contributed by atoms with Crippen LogP contribution in [0.1, 0.15) is 29.8 Å². The molecule has 0 unspecified atom stereocenters. The van der Waals surface area contributed by atoms with Gasteiger partial charge in [-0.05, 0) is 44.5 Å². The summed E-state index contributed by atoms with van der Waals surface area (Å²) in [6, 6.07) is 5.30. The molecule has 1 aromatic carbocycles. The molecule has 1 atom stereocenters.